The van der Waals surface area contributed by atoms with E-state index in [1.165, 1.54) is 0 Å². The highest BCUT2D eigenvalue weighted by Gasteiger charge is 2.18. The zero-order valence-electron chi connectivity index (χ0n) is 11.1. The molecule has 0 radical (unpaired) electrons. The van der Waals surface area contributed by atoms with Crippen LogP contribution in [0.3, 0.4) is 0 Å². The Labute approximate surface area is 103 Å². The molecule has 2 N–H and O–H groups in total. The van der Waals surface area contributed by atoms with Crippen molar-refractivity contribution in [3.63, 3.8) is 0 Å². The third-order valence-corrected chi connectivity index (χ3v) is 2.64. The minimum absolute atomic E-state index is 0.0245. The van der Waals surface area contributed by atoms with E-state index in [9.17, 15) is 0 Å². The molecular weight excluding hydrogens is 216 g/mol. The van der Waals surface area contributed by atoms with Crippen LogP contribution in [0.5, 0.6) is 0 Å². The molecule has 1 aromatic heterocycles. The van der Waals surface area contributed by atoms with Gasteiger partial charge in [0.25, 0.3) is 0 Å². The molecule has 0 unspecified atom stereocenters. The first-order chi connectivity index (χ1) is 7.95. The minimum atomic E-state index is 0.0245. The molecule has 0 fully saturated rings. The molecule has 5 nitrogen and oxygen atoms in total. The number of hydrogen-bond acceptors (Lipinski definition) is 5. The van der Waals surface area contributed by atoms with Crippen molar-refractivity contribution in [2.24, 2.45) is 0 Å². The van der Waals surface area contributed by atoms with Crippen molar-refractivity contribution in [3.8, 4) is 0 Å². The van der Waals surface area contributed by atoms with Gasteiger partial charge in [0.1, 0.15) is 18.0 Å². The van der Waals surface area contributed by atoms with E-state index >= 15 is 0 Å². The first kappa shape index (κ1) is 13.7. The second-order valence-electron chi connectivity index (χ2n) is 5.00. The molecule has 0 aliphatic heterocycles. The fourth-order valence-electron chi connectivity index (χ4n) is 1.27. The summed E-state index contributed by atoms with van der Waals surface area (Å²) in [5.74, 6) is 1.68. The molecule has 5 heteroatoms. The van der Waals surface area contributed by atoms with E-state index in [2.05, 4.69) is 41.0 Å². The summed E-state index contributed by atoms with van der Waals surface area (Å²) in [6, 6.07) is 1.92. The molecule has 0 amide bonds. The molecule has 0 saturated carbocycles. The summed E-state index contributed by atoms with van der Waals surface area (Å²) in [5, 5.41) is 11.9. The zero-order valence-corrected chi connectivity index (χ0v) is 11.1. The van der Waals surface area contributed by atoms with Crippen molar-refractivity contribution >= 4 is 11.6 Å². The summed E-state index contributed by atoms with van der Waals surface area (Å²) < 4.78 is 0. The highest BCUT2D eigenvalue weighted by molar-refractivity contribution is 5.49. The molecule has 0 atom stereocenters. The van der Waals surface area contributed by atoms with Gasteiger partial charge in [0.15, 0.2) is 0 Å². The normalized spacial score (nSPS) is 11.4. The van der Waals surface area contributed by atoms with Gasteiger partial charge in [-0.05, 0) is 27.2 Å². The van der Waals surface area contributed by atoms with E-state index in [1.54, 1.807) is 6.33 Å². The number of aliphatic hydroxyl groups excluding tert-OH is 1. The Balaban J connectivity index is 2.72. The van der Waals surface area contributed by atoms with E-state index in [-0.39, 0.29) is 12.1 Å². The largest absolute Gasteiger partial charge is 0.396 e. The lowest BCUT2D eigenvalue weighted by Crippen LogP contribution is -2.38. The van der Waals surface area contributed by atoms with E-state index in [0.29, 0.717) is 13.0 Å². The smallest absolute Gasteiger partial charge is 0.134 e. The second-order valence-corrected chi connectivity index (χ2v) is 5.00. The maximum atomic E-state index is 8.71. The molecule has 0 aliphatic rings. The Morgan fingerprint density at radius 1 is 1.35 bits per heavy atom. The van der Waals surface area contributed by atoms with Crippen molar-refractivity contribution in [3.05, 3.63) is 12.4 Å². The molecule has 1 heterocycles. The molecule has 0 spiro atoms. The van der Waals surface area contributed by atoms with Crippen LogP contribution in [-0.4, -0.2) is 40.8 Å². The van der Waals surface area contributed by atoms with E-state index in [4.69, 9.17) is 5.11 Å². The summed E-state index contributed by atoms with van der Waals surface area (Å²) in [6.45, 7) is 7.30. The minimum Gasteiger partial charge on any atom is -0.396 e. The lowest BCUT2D eigenvalue weighted by molar-refractivity contribution is 0.292. The molecule has 1 rings (SSSR count). The van der Waals surface area contributed by atoms with Crippen LogP contribution in [0.1, 0.15) is 27.2 Å². The monoisotopic (exact) mass is 238 g/mol. The molecule has 1 aromatic rings. The molecule has 0 aliphatic carbocycles. The predicted octanol–water partition coefficient (Wildman–Crippen LogP) is 1.51. The van der Waals surface area contributed by atoms with Gasteiger partial charge in [0.2, 0.25) is 0 Å². The SMILES string of the molecule is CN(c1cc(NCCCO)ncn1)C(C)(C)C. The van der Waals surface area contributed by atoms with Gasteiger partial charge in [-0.25, -0.2) is 9.97 Å². The summed E-state index contributed by atoms with van der Waals surface area (Å²) in [5.41, 5.74) is 0.0245. The van der Waals surface area contributed by atoms with Gasteiger partial charge in [0.05, 0.1) is 0 Å². The van der Waals surface area contributed by atoms with Crippen LogP contribution in [0.15, 0.2) is 12.4 Å². The Hall–Kier alpha value is -1.36. The average molecular weight is 238 g/mol. The summed E-state index contributed by atoms with van der Waals surface area (Å²) in [4.78, 5) is 10.5. The molecule has 96 valence electrons. The Morgan fingerprint density at radius 2 is 2.06 bits per heavy atom. The van der Waals surface area contributed by atoms with Crippen LogP contribution in [-0.2, 0) is 0 Å². The predicted molar refractivity (Wildman–Crippen MR) is 70.4 cm³/mol. The standard InChI is InChI=1S/C12H22N4O/c1-12(2,3)16(4)11-8-10(14-9-15-11)13-6-5-7-17/h8-9,17H,5-7H2,1-4H3,(H,13,14,15). The van der Waals surface area contributed by atoms with E-state index in [1.807, 2.05) is 13.1 Å². The van der Waals surface area contributed by atoms with Gasteiger partial charge >= 0.3 is 0 Å². The third kappa shape index (κ3) is 4.19. The maximum Gasteiger partial charge on any atom is 0.134 e. The van der Waals surface area contributed by atoms with Gasteiger partial charge in [0, 0.05) is 31.8 Å². The number of aromatic nitrogens is 2. The Kier molecular flexibility index (Phi) is 4.69. The van der Waals surface area contributed by atoms with Gasteiger partial charge < -0.3 is 15.3 Å². The highest BCUT2D eigenvalue weighted by Crippen LogP contribution is 2.20. The lowest BCUT2D eigenvalue weighted by atomic mass is 10.1. The first-order valence-electron chi connectivity index (χ1n) is 5.86. The van der Waals surface area contributed by atoms with Crippen molar-refractivity contribution < 1.29 is 5.11 Å². The molecule has 0 saturated heterocycles. The number of nitrogens with one attached hydrogen (secondary N) is 1. The van der Waals surface area contributed by atoms with Crippen LogP contribution >= 0.6 is 0 Å². The quantitative estimate of drug-likeness (QED) is 0.761. The fourth-order valence-corrected chi connectivity index (χ4v) is 1.27. The summed E-state index contributed by atoms with van der Waals surface area (Å²) in [6.07, 6.45) is 2.27. The Bertz CT molecular complexity index is 349. The van der Waals surface area contributed by atoms with Crippen molar-refractivity contribution in [1.82, 2.24) is 9.97 Å². The van der Waals surface area contributed by atoms with Crippen molar-refractivity contribution in [2.45, 2.75) is 32.7 Å². The molecule has 0 aromatic carbocycles. The van der Waals surface area contributed by atoms with Gasteiger partial charge in [-0.15, -0.1) is 0 Å². The van der Waals surface area contributed by atoms with Gasteiger partial charge in [-0.2, -0.15) is 0 Å². The van der Waals surface area contributed by atoms with Gasteiger partial charge in [-0.1, -0.05) is 0 Å². The highest BCUT2D eigenvalue weighted by atomic mass is 16.3. The number of rotatable bonds is 5. The average Bonchev–Trinajstić information content (AvgIpc) is 2.28. The van der Waals surface area contributed by atoms with E-state index in [0.717, 1.165) is 11.6 Å². The lowest BCUT2D eigenvalue weighted by Gasteiger charge is -2.33. The van der Waals surface area contributed by atoms with Crippen LogP contribution in [0.2, 0.25) is 0 Å². The van der Waals surface area contributed by atoms with E-state index < -0.39 is 0 Å². The van der Waals surface area contributed by atoms with Crippen LogP contribution in [0.4, 0.5) is 11.6 Å². The molecule has 0 bridgehead atoms. The zero-order chi connectivity index (χ0) is 12.9. The van der Waals surface area contributed by atoms with Crippen LogP contribution in [0, 0.1) is 0 Å². The number of aliphatic hydroxyl groups is 1. The fraction of sp³-hybridized carbons (Fsp3) is 0.667. The van der Waals surface area contributed by atoms with Crippen LogP contribution < -0.4 is 10.2 Å². The Morgan fingerprint density at radius 3 is 2.65 bits per heavy atom. The number of anilines is 2. The topological polar surface area (TPSA) is 61.3 Å². The van der Waals surface area contributed by atoms with Crippen LogP contribution in [0.25, 0.3) is 0 Å². The second kappa shape index (κ2) is 5.82. The van der Waals surface area contributed by atoms with Crippen molar-refractivity contribution in [1.29, 1.82) is 0 Å². The van der Waals surface area contributed by atoms with Gasteiger partial charge in [-0.3, -0.25) is 0 Å². The molecular formula is C12H22N4O. The number of nitrogens with zero attached hydrogens (tertiary/aromatic N) is 3. The summed E-state index contributed by atoms with van der Waals surface area (Å²) in [7, 11) is 2.01. The summed E-state index contributed by atoms with van der Waals surface area (Å²) >= 11 is 0. The maximum absolute atomic E-state index is 8.71. The number of hydrogen-bond donors (Lipinski definition) is 2. The van der Waals surface area contributed by atoms with Crippen molar-refractivity contribution in [2.75, 3.05) is 30.4 Å². The molecule has 17 heavy (non-hydrogen) atoms. The third-order valence-electron chi connectivity index (χ3n) is 2.64. The first-order valence-corrected chi connectivity index (χ1v) is 5.86.